The van der Waals surface area contributed by atoms with Gasteiger partial charge >= 0.3 is 0 Å². The van der Waals surface area contributed by atoms with Gasteiger partial charge in [-0.05, 0) is 12.0 Å². The number of aromatic nitrogens is 1. The first-order chi connectivity index (χ1) is 10.7. The minimum absolute atomic E-state index is 0.0608. The van der Waals surface area contributed by atoms with E-state index in [1.165, 1.54) is 0 Å². The highest BCUT2D eigenvalue weighted by Crippen LogP contribution is 2.24. The topological polar surface area (TPSA) is 68.5 Å². The first kappa shape index (κ1) is 15.1. The zero-order valence-electron chi connectivity index (χ0n) is 12.1. The number of benzene rings is 1. The number of non-ortho nitro benzene ring substituents is 1. The molecule has 0 bridgehead atoms. The Balaban J connectivity index is 1.53. The number of ether oxygens (including phenoxy) is 1. The molecule has 1 aromatic carbocycles. The predicted octanol–water partition coefficient (Wildman–Crippen LogP) is 2.67. The third-order valence-corrected chi connectivity index (χ3v) is 4.61. The summed E-state index contributed by atoms with van der Waals surface area (Å²) in [6.07, 6.45) is 2.74. The smallest absolute Gasteiger partial charge is 0.269 e. The molecule has 0 aliphatic carbocycles. The van der Waals surface area contributed by atoms with E-state index in [4.69, 9.17) is 4.74 Å². The summed E-state index contributed by atoms with van der Waals surface area (Å²) in [6, 6.07) is 6.79. The standard InChI is InChI=1S/C15H17N3O3S/c19-18(20)13-3-1-12(2-4-13)5-7-17-8-9-21-14(11-17)15-16-6-10-22-15/h1-4,6,10,14H,5,7-9,11H2. The second-order valence-electron chi connectivity index (χ2n) is 5.20. The Hall–Kier alpha value is -1.83. The van der Waals surface area contributed by atoms with Crippen LogP contribution in [0.4, 0.5) is 5.69 Å². The number of morpholine rings is 1. The summed E-state index contributed by atoms with van der Waals surface area (Å²) in [5.41, 5.74) is 1.25. The Kier molecular flexibility index (Phi) is 4.77. The Bertz CT molecular complexity index is 615. The van der Waals surface area contributed by atoms with Crippen molar-refractivity contribution in [1.29, 1.82) is 0 Å². The van der Waals surface area contributed by atoms with E-state index in [1.807, 2.05) is 17.5 Å². The molecule has 7 heteroatoms. The van der Waals surface area contributed by atoms with Gasteiger partial charge in [-0.15, -0.1) is 11.3 Å². The van der Waals surface area contributed by atoms with Gasteiger partial charge in [-0.3, -0.25) is 15.0 Å². The minimum atomic E-state index is -0.371. The number of rotatable bonds is 5. The van der Waals surface area contributed by atoms with Crippen LogP contribution in [0.2, 0.25) is 0 Å². The van der Waals surface area contributed by atoms with Gasteiger partial charge in [-0.1, -0.05) is 12.1 Å². The van der Waals surface area contributed by atoms with E-state index in [2.05, 4.69) is 9.88 Å². The van der Waals surface area contributed by atoms with E-state index in [9.17, 15) is 10.1 Å². The molecule has 0 radical (unpaired) electrons. The summed E-state index contributed by atoms with van der Waals surface area (Å²) in [5, 5.41) is 13.6. The van der Waals surface area contributed by atoms with Crippen LogP contribution < -0.4 is 0 Å². The fourth-order valence-electron chi connectivity index (χ4n) is 2.52. The molecular formula is C15H17N3O3S. The Morgan fingerprint density at radius 2 is 2.23 bits per heavy atom. The molecule has 6 nitrogen and oxygen atoms in total. The van der Waals surface area contributed by atoms with Crippen LogP contribution in [0.1, 0.15) is 16.7 Å². The average molecular weight is 319 g/mol. The van der Waals surface area contributed by atoms with Gasteiger partial charge in [0, 0.05) is 43.3 Å². The highest BCUT2D eigenvalue weighted by molar-refractivity contribution is 7.09. The lowest BCUT2D eigenvalue weighted by Gasteiger charge is -2.31. The monoisotopic (exact) mass is 319 g/mol. The molecule has 1 unspecified atom stereocenters. The average Bonchev–Trinajstić information content (AvgIpc) is 3.08. The quantitative estimate of drug-likeness (QED) is 0.626. The van der Waals surface area contributed by atoms with Gasteiger partial charge in [0.1, 0.15) is 11.1 Å². The highest BCUT2D eigenvalue weighted by atomic mass is 32.1. The lowest BCUT2D eigenvalue weighted by molar-refractivity contribution is -0.384. The molecule has 1 fully saturated rings. The number of nitro benzene ring substituents is 1. The van der Waals surface area contributed by atoms with Crippen molar-refractivity contribution in [3.05, 3.63) is 56.5 Å². The number of hydrogen-bond donors (Lipinski definition) is 0. The summed E-state index contributed by atoms with van der Waals surface area (Å²) in [7, 11) is 0. The van der Waals surface area contributed by atoms with Gasteiger partial charge in [0.2, 0.25) is 0 Å². The van der Waals surface area contributed by atoms with E-state index in [0.717, 1.165) is 36.6 Å². The van der Waals surface area contributed by atoms with Crippen LogP contribution in [0.25, 0.3) is 0 Å². The molecule has 2 heterocycles. The molecule has 3 rings (SSSR count). The van der Waals surface area contributed by atoms with Crippen molar-refractivity contribution in [2.24, 2.45) is 0 Å². The SMILES string of the molecule is O=[N+]([O-])c1ccc(CCN2CCOC(c3nccs3)C2)cc1. The molecule has 1 atom stereocenters. The predicted molar refractivity (Wildman–Crippen MR) is 84.0 cm³/mol. The zero-order valence-corrected chi connectivity index (χ0v) is 12.9. The van der Waals surface area contributed by atoms with Crippen LogP contribution >= 0.6 is 11.3 Å². The van der Waals surface area contributed by atoms with Gasteiger partial charge < -0.3 is 4.74 Å². The van der Waals surface area contributed by atoms with Gasteiger partial charge in [-0.2, -0.15) is 0 Å². The molecule has 22 heavy (non-hydrogen) atoms. The molecule has 1 saturated heterocycles. The largest absolute Gasteiger partial charge is 0.368 e. The second kappa shape index (κ2) is 6.95. The third-order valence-electron chi connectivity index (χ3n) is 3.74. The van der Waals surface area contributed by atoms with Crippen LogP contribution in [0.5, 0.6) is 0 Å². The molecule has 1 aromatic heterocycles. The van der Waals surface area contributed by atoms with Crippen LogP contribution in [0, 0.1) is 10.1 Å². The van der Waals surface area contributed by atoms with Crippen molar-refractivity contribution in [3.8, 4) is 0 Å². The van der Waals surface area contributed by atoms with E-state index in [-0.39, 0.29) is 16.7 Å². The summed E-state index contributed by atoms with van der Waals surface area (Å²) in [6.45, 7) is 3.39. The maximum atomic E-state index is 10.6. The molecule has 2 aromatic rings. The summed E-state index contributed by atoms with van der Waals surface area (Å²) >= 11 is 1.62. The lowest BCUT2D eigenvalue weighted by atomic mass is 10.1. The van der Waals surface area contributed by atoms with Crippen molar-refractivity contribution in [2.45, 2.75) is 12.5 Å². The maximum absolute atomic E-state index is 10.6. The number of thiazole rings is 1. The second-order valence-corrected chi connectivity index (χ2v) is 6.13. The number of nitro groups is 1. The number of nitrogens with zero attached hydrogens (tertiary/aromatic N) is 3. The van der Waals surface area contributed by atoms with Crippen molar-refractivity contribution < 1.29 is 9.66 Å². The fourth-order valence-corrected chi connectivity index (χ4v) is 3.20. The number of hydrogen-bond acceptors (Lipinski definition) is 6. The van der Waals surface area contributed by atoms with E-state index in [0.29, 0.717) is 6.61 Å². The van der Waals surface area contributed by atoms with Crippen molar-refractivity contribution in [2.75, 3.05) is 26.2 Å². The molecule has 0 amide bonds. The molecule has 0 N–H and O–H groups in total. The van der Waals surface area contributed by atoms with Crippen molar-refractivity contribution >= 4 is 17.0 Å². The first-order valence-electron chi connectivity index (χ1n) is 7.19. The maximum Gasteiger partial charge on any atom is 0.269 e. The van der Waals surface area contributed by atoms with Gasteiger partial charge in [0.25, 0.3) is 5.69 Å². The Morgan fingerprint density at radius 1 is 1.41 bits per heavy atom. The van der Waals surface area contributed by atoms with Crippen LogP contribution in [0.15, 0.2) is 35.8 Å². The normalized spacial score (nSPS) is 19.2. The zero-order chi connectivity index (χ0) is 15.4. The van der Waals surface area contributed by atoms with Crippen LogP contribution in [-0.4, -0.2) is 41.0 Å². The van der Waals surface area contributed by atoms with E-state index >= 15 is 0 Å². The highest BCUT2D eigenvalue weighted by Gasteiger charge is 2.23. The van der Waals surface area contributed by atoms with E-state index < -0.39 is 0 Å². The molecule has 1 aliphatic heterocycles. The third kappa shape index (κ3) is 3.68. The molecular weight excluding hydrogens is 302 g/mol. The fraction of sp³-hybridized carbons (Fsp3) is 0.400. The van der Waals surface area contributed by atoms with Crippen molar-refractivity contribution in [1.82, 2.24) is 9.88 Å². The molecule has 0 spiro atoms. The van der Waals surface area contributed by atoms with Crippen LogP contribution in [0.3, 0.4) is 0 Å². The van der Waals surface area contributed by atoms with Crippen LogP contribution in [-0.2, 0) is 11.2 Å². The summed E-state index contributed by atoms with van der Waals surface area (Å²) in [5.74, 6) is 0. The van der Waals surface area contributed by atoms with E-state index in [1.54, 1.807) is 29.7 Å². The summed E-state index contributed by atoms with van der Waals surface area (Å²) < 4.78 is 5.78. The van der Waals surface area contributed by atoms with Crippen molar-refractivity contribution in [3.63, 3.8) is 0 Å². The van der Waals surface area contributed by atoms with Gasteiger partial charge in [0.05, 0.1) is 11.5 Å². The lowest BCUT2D eigenvalue weighted by Crippen LogP contribution is -2.39. The minimum Gasteiger partial charge on any atom is -0.368 e. The Morgan fingerprint density at radius 3 is 2.91 bits per heavy atom. The summed E-state index contributed by atoms with van der Waals surface area (Å²) in [4.78, 5) is 17.0. The molecule has 116 valence electrons. The van der Waals surface area contributed by atoms with Gasteiger partial charge in [0.15, 0.2) is 0 Å². The van der Waals surface area contributed by atoms with Gasteiger partial charge in [-0.25, -0.2) is 4.98 Å². The molecule has 1 aliphatic rings. The Labute approximate surface area is 132 Å². The first-order valence-corrected chi connectivity index (χ1v) is 8.07. The molecule has 0 saturated carbocycles.